The fraction of sp³-hybridized carbons (Fsp3) is 0.364. The minimum atomic E-state index is -0.157. The van der Waals surface area contributed by atoms with E-state index in [-0.39, 0.29) is 5.41 Å². The molecule has 0 aliphatic rings. The molecule has 2 N–H and O–H groups in total. The standard InChI is InChI=1S/C11H14ClN5/c1-11(2,3)10-14-15-16-17(10)9-5-4-7(12)6-8(9)13/h4-6H,13H2,1-3H3. The number of halogens is 1. The van der Waals surface area contributed by atoms with E-state index in [0.717, 1.165) is 11.5 Å². The minimum absolute atomic E-state index is 0.157. The van der Waals surface area contributed by atoms with Crippen molar-refractivity contribution in [3.8, 4) is 5.69 Å². The number of anilines is 1. The second kappa shape index (κ2) is 4.00. The molecule has 0 amide bonds. The zero-order valence-electron chi connectivity index (χ0n) is 9.98. The Morgan fingerprint density at radius 3 is 2.59 bits per heavy atom. The Morgan fingerprint density at radius 1 is 1.29 bits per heavy atom. The Kier molecular flexibility index (Phi) is 2.79. The third-order valence-corrected chi connectivity index (χ3v) is 2.59. The molecule has 1 heterocycles. The van der Waals surface area contributed by atoms with Crippen molar-refractivity contribution < 1.29 is 0 Å². The van der Waals surface area contributed by atoms with Crippen LogP contribution < -0.4 is 5.73 Å². The average Bonchev–Trinajstić information content (AvgIpc) is 2.65. The summed E-state index contributed by atoms with van der Waals surface area (Å²) in [5.41, 5.74) is 7.06. The van der Waals surface area contributed by atoms with Crippen LogP contribution in [0.4, 0.5) is 5.69 Å². The zero-order valence-corrected chi connectivity index (χ0v) is 10.7. The van der Waals surface area contributed by atoms with Crippen molar-refractivity contribution in [1.29, 1.82) is 0 Å². The van der Waals surface area contributed by atoms with Gasteiger partial charge in [-0.05, 0) is 28.6 Å². The molecule has 0 bridgehead atoms. The van der Waals surface area contributed by atoms with Gasteiger partial charge < -0.3 is 5.73 Å². The van der Waals surface area contributed by atoms with Gasteiger partial charge in [0.05, 0.1) is 11.4 Å². The van der Waals surface area contributed by atoms with Crippen molar-refractivity contribution in [3.05, 3.63) is 29.0 Å². The van der Waals surface area contributed by atoms with E-state index in [1.54, 1.807) is 16.8 Å². The fourth-order valence-corrected chi connectivity index (χ4v) is 1.72. The number of nitrogen functional groups attached to an aromatic ring is 1. The van der Waals surface area contributed by atoms with E-state index in [0.29, 0.717) is 10.7 Å². The van der Waals surface area contributed by atoms with Crippen molar-refractivity contribution >= 4 is 17.3 Å². The fourth-order valence-electron chi connectivity index (χ4n) is 1.54. The van der Waals surface area contributed by atoms with Gasteiger partial charge in [0, 0.05) is 10.4 Å². The first-order chi connectivity index (χ1) is 7.89. The number of nitrogens with zero attached hydrogens (tertiary/aromatic N) is 4. The molecule has 0 saturated heterocycles. The molecule has 0 atom stereocenters. The lowest BCUT2D eigenvalue weighted by Crippen LogP contribution is -2.19. The van der Waals surface area contributed by atoms with Crippen LogP contribution in [0.5, 0.6) is 0 Å². The Hall–Kier alpha value is -1.62. The maximum atomic E-state index is 5.92. The average molecular weight is 252 g/mol. The molecule has 5 nitrogen and oxygen atoms in total. The van der Waals surface area contributed by atoms with Gasteiger partial charge in [-0.25, -0.2) is 0 Å². The van der Waals surface area contributed by atoms with E-state index < -0.39 is 0 Å². The number of hydrogen-bond donors (Lipinski definition) is 1. The molecule has 0 aliphatic carbocycles. The summed E-state index contributed by atoms with van der Waals surface area (Å²) in [4.78, 5) is 0. The van der Waals surface area contributed by atoms with Gasteiger partial charge in [0.15, 0.2) is 5.82 Å². The summed E-state index contributed by atoms with van der Waals surface area (Å²) in [7, 11) is 0. The SMILES string of the molecule is CC(C)(C)c1nnnn1-c1ccc(Cl)cc1N. The summed E-state index contributed by atoms with van der Waals surface area (Å²) in [6, 6.07) is 5.26. The van der Waals surface area contributed by atoms with Gasteiger partial charge in [0.2, 0.25) is 0 Å². The Morgan fingerprint density at radius 2 is 2.00 bits per heavy atom. The first kappa shape index (κ1) is 11.9. The topological polar surface area (TPSA) is 69.6 Å². The summed E-state index contributed by atoms with van der Waals surface area (Å²) < 4.78 is 1.64. The van der Waals surface area contributed by atoms with Gasteiger partial charge in [-0.15, -0.1) is 5.10 Å². The molecule has 2 aromatic rings. The largest absolute Gasteiger partial charge is 0.397 e. The van der Waals surface area contributed by atoms with Crippen molar-refractivity contribution in [1.82, 2.24) is 20.2 Å². The summed E-state index contributed by atoms with van der Waals surface area (Å²) in [6.45, 7) is 6.13. The van der Waals surface area contributed by atoms with E-state index in [9.17, 15) is 0 Å². The molecule has 90 valence electrons. The molecule has 1 aromatic carbocycles. The van der Waals surface area contributed by atoms with Crippen LogP contribution in [0, 0.1) is 0 Å². The van der Waals surface area contributed by atoms with Crippen molar-refractivity contribution in [3.63, 3.8) is 0 Å². The predicted octanol–water partition coefficient (Wildman–Crippen LogP) is 2.20. The second-order valence-electron chi connectivity index (χ2n) is 4.87. The van der Waals surface area contributed by atoms with Crippen LogP contribution in [0.3, 0.4) is 0 Å². The van der Waals surface area contributed by atoms with Gasteiger partial charge in [0.1, 0.15) is 0 Å². The molecule has 0 aliphatic heterocycles. The van der Waals surface area contributed by atoms with Crippen molar-refractivity contribution in [2.45, 2.75) is 26.2 Å². The van der Waals surface area contributed by atoms with Crippen molar-refractivity contribution in [2.75, 3.05) is 5.73 Å². The predicted molar refractivity (Wildman–Crippen MR) is 67.3 cm³/mol. The number of nitrogens with two attached hydrogens (primary N) is 1. The Balaban J connectivity index is 2.58. The molecule has 6 heteroatoms. The molecular formula is C11H14ClN5. The van der Waals surface area contributed by atoms with Crippen molar-refractivity contribution in [2.24, 2.45) is 0 Å². The third-order valence-electron chi connectivity index (χ3n) is 2.36. The van der Waals surface area contributed by atoms with E-state index in [1.807, 2.05) is 26.8 Å². The highest BCUT2D eigenvalue weighted by atomic mass is 35.5. The van der Waals surface area contributed by atoms with Gasteiger partial charge in [-0.3, -0.25) is 0 Å². The maximum Gasteiger partial charge on any atom is 0.162 e. The van der Waals surface area contributed by atoms with Crippen LogP contribution >= 0.6 is 11.6 Å². The highest BCUT2D eigenvalue weighted by molar-refractivity contribution is 6.30. The van der Waals surface area contributed by atoms with Gasteiger partial charge >= 0.3 is 0 Å². The number of benzene rings is 1. The highest BCUT2D eigenvalue weighted by Crippen LogP contribution is 2.26. The van der Waals surface area contributed by atoms with Gasteiger partial charge in [-0.1, -0.05) is 32.4 Å². The lowest BCUT2D eigenvalue weighted by atomic mass is 9.95. The first-order valence-corrected chi connectivity index (χ1v) is 5.61. The van der Waals surface area contributed by atoms with E-state index in [4.69, 9.17) is 17.3 Å². The van der Waals surface area contributed by atoms with Crippen LogP contribution in [-0.2, 0) is 5.41 Å². The molecule has 0 saturated carbocycles. The lowest BCUT2D eigenvalue weighted by molar-refractivity contribution is 0.526. The maximum absolute atomic E-state index is 5.92. The van der Waals surface area contributed by atoms with E-state index in [2.05, 4.69) is 15.5 Å². The number of tetrazole rings is 1. The normalized spacial score (nSPS) is 11.8. The quantitative estimate of drug-likeness (QED) is 0.789. The molecule has 0 unspecified atom stereocenters. The summed E-state index contributed by atoms with van der Waals surface area (Å²) in [5, 5.41) is 12.3. The van der Waals surface area contributed by atoms with E-state index in [1.165, 1.54) is 0 Å². The van der Waals surface area contributed by atoms with Crippen LogP contribution in [0.15, 0.2) is 18.2 Å². The second-order valence-corrected chi connectivity index (χ2v) is 5.30. The lowest BCUT2D eigenvalue weighted by Gasteiger charge is -2.17. The summed E-state index contributed by atoms with van der Waals surface area (Å²) in [6.07, 6.45) is 0. The molecule has 0 radical (unpaired) electrons. The monoisotopic (exact) mass is 251 g/mol. The minimum Gasteiger partial charge on any atom is -0.397 e. The zero-order chi connectivity index (χ0) is 12.6. The third kappa shape index (κ3) is 2.24. The van der Waals surface area contributed by atoms with Crippen LogP contribution in [0.2, 0.25) is 5.02 Å². The van der Waals surface area contributed by atoms with E-state index >= 15 is 0 Å². The number of rotatable bonds is 1. The van der Waals surface area contributed by atoms with Crippen LogP contribution in [-0.4, -0.2) is 20.2 Å². The number of aromatic nitrogens is 4. The first-order valence-electron chi connectivity index (χ1n) is 5.24. The molecule has 0 fully saturated rings. The molecule has 17 heavy (non-hydrogen) atoms. The Bertz CT molecular complexity index is 541. The molecule has 0 spiro atoms. The molecular weight excluding hydrogens is 238 g/mol. The summed E-state index contributed by atoms with van der Waals surface area (Å²) in [5.74, 6) is 0.756. The highest BCUT2D eigenvalue weighted by Gasteiger charge is 2.23. The summed E-state index contributed by atoms with van der Waals surface area (Å²) >= 11 is 5.87. The molecule has 2 rings (SSSR count). The van der Waals surface area contributed by atoms with Crippen LogP contribution in [0.1, 0.15) is 26.6 Å². The number of hydrogen-bond acceptors (Lipinski definition) is 4. The molecule has 1 aromatic heterocycles. The van der Waals surface area contributed by atoms with Gasteiger partial charge in [0.25, 0.3) is 0 Å². The van der Waals surface area contributed by atoms with Gasteiger partial charge in [-0.2, -0.15) is 4.68 Å². The Labute approximate surface area is 105 Å². The van der Waals surface area contributed by atoms with Crippen LogP contribution in [0.25, 0.3) is 5.69 Å². The smallest absolute Gasteiger partial charge is 0.162 e.